The third kappa shape index (κ3) is 3.42. The van der Waals surface area contributed by atoms with E-state index < -0.39 is 11.5 Å². The minimum atomic E-state index is -0.831. The zero-order chi connectivity index (χ0) is 17.2. The number of halogens is 1. The first-order chi connectivity index (χ1) is 11.5. The summed E-state index contributed by atoms with van der Waals surface area (Å²) in [5, 5.41) is 13.9. The van der Waals surface area contributed by atoms with Crippen LogP contribution in [0, 0.1) is 5.41 Å². The Labute approximate surface area is 147 Å². The SMILES string of the molecule is O=C(CCc1cccc(Cl)c1)N1CCC(O)[C@@]2(CCCNC2=O)C1. The van der Waals surface area contributed by atoms with Crippen molar-refractivity contribution in [2.45, 2.75) is 38.2 Å². The summed E-state index contributed by atoms with van der Waals surface area (Å²) in [4.78, 5) is 26.7. The van der Waals surface area contributed by atoms with Gasteiger partial charge in [0.1, 0.15) is 0 Å². The first-order valence-corrected chi connectivity index (χ1v) is 8.88. The Hall–Kier alpha value is -1.59. The Morgan fingerprint density at radius 3 is 3.04 bits per heavy atom. The first-order valence-electron chi connectivity index (χ1n) is 8.50. The number of amides is 2. The van der Waals surface area contributed by atoms with Crippen molar-refractivity contribution in [1.82, 2.24) is 10.2 Å². The number of rotatable bonds is 3. The summed E-state index contributed by atoms with van der Waals surface area (Å²) in [6.07, 6.45) is 2.27. The fourth-order valence-electron chi connectivity index (χ4n) is 3.76. The summed E-state index contributed by atoms with van der Waals surface area (Å²) in [6, 6.07) is 7.51. The number of carbonyl (C=O) groups is 2. The van der Waals surface area contributed by atoms with Crippen molar-refractivity contribution in [2.75, 3.05) is 19.6 Å². The molecule has 1 spiro atoms. The standard InChI is InChI=1S/C18H23ClN2O3/c19-14-4-1-3-13(11-14)5-6-16(23)21-10-7-15(22)18(12-21)8-2-9-20-17(18)24/h1,3-4,11,15,22H,2,5-10,12H2,(H,20,24)/t15?,18-/m1/s1. The summed E-state index contributed by atoms with van der Waals surface area (Å²) in [7, 11) is 0. The largest absolute Gasteiger partial charge is 0.392 e. The monoisotopic (exact) mass is 350 g/mol. The van der Waals surface area contributed by atoms with Gasteiger partial charge in [-0.3, -0.25) is 9.59 Å². The van der Waals surface area contributed by atoms with Crippen LogP contribution in [0.2, 0.25) is 5.02 Å². The molecule has 2 fully saturated rings. The maximum absolute atomic E-state index is 12.6. The molecule has 2 N–H and O–H groups in total. The number of hydrogen-bond donors (Lipinski definition) is 2. The molecule has 1 unspecified atom stereocenters. The lowest BCUT2D eigenvalue weighted by Gasteiger charge is -2.46. The molecule has 6 heteroatoms. The van der Waals surface area contributed by atoms with Gasteiger partial charge in [0.05, 0.1) is 11.5 Å². The number of piperidine rings is 2. The molecule has 0 aliphatic carbocycles. The van der Waals surface area contributed by atoms with Crippen LogP contribution >= 0.6 is 11.6 Å². The van der Waals surface area contributed by atoms with E-state index in [1.165, 1.54) is 0 Å². The number of aryl methyl sites for hydroxylation is 1. The molecule has 0 aromatic heterocycles. The van der Waals surface area contributed by atoms with Crippen LogP contribution in [0.4, 0.5) is 0 Å². The van der Waals surface area contributed by atoms with Crippen LogP contribution in [-0.2, 0) is 16.0 Å². The number of aliphatic hydroxyl groups excluding tert-OH is 1. The van der Waals surface area contributed by atoms with E-state index in [0.29, 0.717) is 50.3 Å². The summed E-state index contributed by atoms with van der Waals surface area (Å²) < 4.78 is 0. The lowest BCUT2D eigenvalue weighted by Crippen LogP contribution is -2.62. The van der Waals surface area contributed by atoms with Gasteiger partial charge in [-0.15, -0.1) is 0 Å². The van der Waals surface area contributed by atoms with E-state index in [1.54, 1.807) is 4.90 Å². The number of benzene rings is 1. The van der Waals surface area contributed by atoms with Crippen LogP contribution in [0.3, 0.4) is 0 Å². The van der Waals surface area contributed by atoms with Crippen LogP contribution in [0.1, 0.15) is 31.2 Å². The van der Waals surface area contributed by atoms with E-state index in [4.69, 9.17) is 11.6 Å². The minimum absolute atomic E-state index is 0.0274. The number of likely N-dealkylation sites (tertiary alicyclic amines) is 1. The quantitative estimate of drug-likeness (QED) is 0.872. The van der Waals surface area contributed by atoms with Gasteiger partial charge in [-0.2, -0.15) is 0 Å². The molecule has 2 heterocycles. The van der Waals surface area contributed by atoms with Gasteiger partial charge in [0.2, 0.25) is 11.8 Å². The lowest BCUT2D eigenvalue weighted by molar-refractivity contribution is -0.154. The van der Waals surface area contributed by atoms with Gasteiger partial charge < -0.3 is 15.3 Å². The second-order valence-corrected chi connectivity index (χ2v) is 7.20. The fourth-order valence-corrected chi connectivity index (χ4v) is 3.97. The summed E-state index contributed by atoms with van der Waals surface area (Å²) in [5.41, 5.74) is 0.195. The van der Waals surface area contributed by atoms with Gasteiger partial charge in [-0.25, -0.2) is 0 Å². The first kappa shape index (κ1) is 17.2. The Bertz CT molecular complexity index is 636. The number of aliphatic hydroxyl groups is 1. The van der Waals surface area contributed by atoms with Crippen molar-refractivity contribution >= 4 is 23.4 Å². The van der Waals surface area contributed by atoms with E-state index in [-0.39, 0.29) is 11.8 Å². The number of hydrogen-bond acceptors (Lipinski definition) is 3. The second kappa shape index (κ2) is 7.11. The molecule has 0 saturated carbocycles. The van der Waals surface area contributed by atoms with Gasteiger partial charge >= 0.3 is 0 Å². The smallest absolute Gasteiger partial charge is 0.230 e. The molecular formula is C18H23ClN2O3. The molecule has 130 valence electrons. The van der Waals surface area contributed by atoms with Crippen molar-refractivity contribution in [2.24, 2.45) is 5.41 Å². The minimum Gasteiger partial charge on any atom is -0.392 e. The van der Waals surface area contributed by atoms with E-state index >= 15 is 0 Å². The van der Waals surface area contributed by atoms with Crippen molar-refractivity contribution in [3.05, 3.63) is 34.9 Å². The van der Waals surface area contributed by atoms with Crippen LogP contribution in [0.15, 0.2) is 24.3 Å². The van der Waals surface area contributed by atoms with Crippen LogP contribution < -0.4 is 5.32 Å². The number of nitrogens with zero attached hydrogens (tertiary/aromatic N) is 1. The van der Waals surface area contributed by atoms with Gasteiger partial charge in [0.15, 0.2) is 0 Å². The summed E-state index contributed by atoms with van der Waals surface area (Å²) in [5.74, 6) is -0.0896. The maximum atomic E-state index is 12.6. The second-order valence-electron chi connectivity index (χ2n) is 6.77. The third-order valence-corrected chi connectivity index (χ3v) is 5.43. The summed E-state index contributed by atoms with van der Waals surface area (Å²) >= 11 is 5.97. The Kier molecular flexibility index (Phi) is 5.11. The molecular weight excluding hydrogens is 328 g/mol. The zero-order valence-corrected chi connectivity index (χ0v) is 14.4. The maximum Gasteiger partial charge on any atom is 0.230 e. The molecule has 2 amide bonds. The van der Waals surface area contributed by atoms with Crippen molar-refractivity contribution < 1.29 is 14.7 Å². The number of carbonyl (C=O) groups excluding carboxylic acids is 2. The van der Waals surface area contributed by atoms with Gasteiger partial charge in [0, 0.05) is 31.1 Å². The molecule has 2 aliphatic rings. The van der Waals surface area contributed by atoms with E-state index in [1.807, 2.05) is 24.3 Å². The predicted octanol–water partition coefficient (Wildman–Crippen LogP) is 1.76. The van der Waals surface area contributed by atoms with E-state index in [2.05, 4.69) is 5.32 Å². The third-order valence-electron chi connectivity index (χ3n) is 5.19. The molecule has 0 radical (unpaired) electrons. The average Bonchev–Trinajstić information content (AvgIpc) is 2.57. The van der Waals surface area contributed by atoms with Crippen LogP contribution in [0.5, 0.6) is 0 Å². The van der Waals surface area contributed by atoms with Gasteiger partial charge in [-0.1, -0.05) is 23.7 Å². The predicted molar refractivity (Wildman–Crippen MR) is 91.7 cm³/mol. The van der Waals surface area contributed by atoms with Crippen LogP contribution in [0.25, 0.3) is 0 Å². The van der Waals surface area contributed by atoms with Crippen molar-refractivity contribution in [1.29, 1.82) is 0 Å². The highest BCUT2D eigenvalue weighted by molar-refractivity contribution is 6.30. The molecule has 1 aromatic rings. The molecule has 24 heavy (non-hydrogen) atoms. The highest BCUT2D eigenvalue weighted by atomic mass is 35.5. The van der Waals surface area contributed by atoms with Gasteiger partial charge in [-0.05, 0) is 43.4 Å². The highest BCUT2D eigenvalue weighted by Gasteiger charge is 2.50. The van der Waals surface area contributed by atoms with E-state index in [0.717, 1.165) is 12.0 Å². The fraction of sp³-hybridized carbons (Fsp3) is 0.556. The molecule has 5 nitrogen and oxygen atoms in total. The molecule has 1 aromatic carbocycles. The molecule has 2 atom stereocenters. The molecule has 2 saturated heterocycles. The Morgan fingerprint density at radius 2 is 2.29 bits per heavy atom. The molecule has 2 aliphatic heterocycles. The average molecular weight is 351 g/mol. The number of nitrogens with one attached hydrogen (secondary N) is 1. The molecule has 3 rings (SSSR count). The Morgan fingerprint density at radius 1 is 1.46 bits per heavy atom. The summed E-state index contributed by atoms with van der Waals surface area (Å²) in [6.45, 7) is 1.47. The van der Waals surface area contributed by atoms with Crippen molar-refractivity contribution in [3.63, 3.8) is 0 Å². The van der Waals surface area contributed by atoms with Gasteiger partial charge in [0.25, 0.3) is 0 Å². The zero-order valence-electron chi connectivity index (χ0n) is 13.6. The highest BCUT2D eigenvalue weighted by Crippen LogP contribution is 2.37. The normalized spacial score (nSPS) is 27.2. The Balaban J connectivity index is 1.64. The topological polar surface area (TPSA) is 69.6 Å². The van der Waals surface area contributed by atoms with Crippen LogP contribution in [-0.4, -0.2) is 47.6 Å². The lowest BCUT2D eigenvalue weighted by atomic mass is 9.71. The van der Waals surface area contributed by atoms with Crippen molar-refractivity contribution in [3.8, 4) is 0 Å². The van der Waals surface area contributed by atoms with E-state index in [9.17, 15) is 14.7 Å². The molecule has 0 bridgehead atoms.